The minimum absolute atomic E-state index is 0.0384. The van der Waals surface area contributed by atoms with E-state index in [0.717, 1.165) is 13.0 Å². The summed E-state index contributed by atoms with van der Waals surface area (Å²) in [5.41, 5.74) is 1.20. The van der Waals surface area contributed by atoms with Gasteiger partial charge in [0.15, 0.2) is 0 Å². The largest absolute Gasteiger partial charge is 0.369 e. The van der Waals surface area contributed by atoms with E-state index in [4.69, 9.17) is 4.74 Å². The second-order valence-electron chi connectivity index (χ2n) is 9.66. The summed E-state index contributed by atoms with van der Waals surface area (Å²) < 4.78 is 6.00. The van der Waals surface area contributed by atoms with Crippen LogP contribution in [0.5, 0.6) is 0 Å². The summed E-state index contributed by atoms with van der Waals surface area (Å²) in [6, 6.07) is 10.4. The molecular weight excluding hydrogens is 388 g/mol. The molecule has 0 bridgehead atoms. The van der Waals surface area contributed by atoms with Crippen molar-refractivity contribution in [2.24, 2.45) is 0 Å². The van der Waals surface area contributed by atoms with E-state index in [1.165, 1.54) is 128 Å². The molecule has 0 saturated carbocycles. The fourth-order valence-electron chi connectivity index (χ4n) is 4.51. The van der Waals surface area contributed by atoms with Crippen molar-refractivity contribution < 1.29 is 4.74 Å². The fraction of sp³-hybridized carbons (Fsp3) is 0.742. The van der Waals surface area contributed by atoms with Gasteiger partial charge in [0.2, 0.25) is 0 Å². The third-order valence-corrected chi connectivity index (χ3v) is 6.64. The van der Waals surface area contributed by atoms with Crippen LogP contribution in [0.2, 0.25) is 0 Å². The average molecular weight is 443 g/mol. The van der Waals surface area contributed by atoms with Gasteiger partial charge in [-0.3, -0.25) is 0 Å². The van der Waals surface area contributed by atoms with E-state index in [0.29, 0.717) is 0 Å². The van der Waals surface area contributed by atoms with Gasteiger partial charge in [-0.15, -0.1) is 6.58 Å². The third-order valence-electron chi connectivity index (χ3n) is 6.64. The maximum atomic E-state index is 6.00. The number of ether oxygens (including phenoxy) is 1. The molecule has 0 heterocycles. The van der Waals surface area contributed by atoms with Crippen molar-refractivity contribution in [3.8, 4) is 0 Å². The standard InChI is InChI=1S/C31H54O/c1-3-5-6-7-8-9-10-11-12-13-14-15-16-17-18-19-20-21-22-26-29-32-31(4-2)30-27-24-23-25-28-30/h4,23-25,27-28,31H,2-3,5-22,26,29H2,1H3. The van der Waals surface area contributed by atoms with Crippen molar-refractivity contribution in [1.29, 1.82) is 0 Å². The third kappa shape index (κ3) is 17.5. The number of rotatable bonds is 24. The fourth-order valence-corrected chi connectivity index (χ4v) is 4.51. The molecule has 1 nitrogen and oxygen atoms in total. The Bertz CT molecular complexity index is 494. The predicted octanol–water partition coefficient (Wildman–Crippen LogP) is 10.8. The zero-order valence-electron chi connectivity index (χ0n) is 21.5. The molecular formula is C31H54O. The van der Waals surface area contributed by atoms with Gasteiger partial charge in [0.25, 0.3) is 0 Å². The van der Waals surface area contributed by atoms with Crippen LogP contribution in [-0.4, -0.2) is 6.61 Å². The van der Waals surface area contributed by atoms with E-state index >= 15 is 0 Å². The van der Waals surface area contributed by atoms with Crippen LogP contribution in [0.1, 0.15) is 147 Å². The summed E-state index contributed by atoms with van der Waals surface area (Å²) in [6.45, 7) is 7.05. The van der Waals surface area contributed by atoms with Gasteiger partial charge < -0.3 is 4.74 Å². The van der Waals surface area contributed by atoms with Gasteiger partial charge >= 0.3 is 0 Å². The number of unbranched alkanes of at least 4 members (excludes halogenated alkanes) is 19. The lowest BCUT2D eigenvalue weighted by Crippen LogP contribution is -2.02. The van der Waals surface area contributed by atoms with Crippen LogP contribution in [-0.2, 0) is 4.74 Å². The van der Waals surface area contributed by atoms with Crippen LogP contribution in [0.3, 0.4) is 0 Å². The lowest BCUT2D eigenvalue weighted by molar-refractivity contribution is 0.0821. The average Bonchev–Trinajstić information content (AvgIpc) is 2.83. The molecule has 1 atom stereocenters. The quantitative estimate of drug-likeness (QED) is 0.114. The van der Waals surface area contributed by atoms with Gasteiger partial charge in [-0.05, 0) is 12.0 Å². The molecule has 1 aromatic rings. The zero-order valence-corrected chi connectivity index (χ0v) is 21.5. The molecule has 0 amide bonds. The van der Waals surface area contributed by atoms with Crippen LogP contribution in [0.15, 0.2) is 43.0 Å². The van der Waals surface area contributed by atoms with Gasteiger partial charge in [-0.2, -0.15) is 0 Å². The number of hydrogen-bond acceptors (Lipinski definition) is 1. The van der Waals surface area contributed by atoms with Crippen molar-refractivity contribution >= 4 is 0 Å². The van der Waals surface area contributed by atoms with Crippen LogP contribution < -0.4 is 0 Å². The molecule has 0 saturated heterocycles. The Kier molecular flexibility index (Phi) is 20.9. The summed E-state index contributed by atoms with van der Waals surface area (Å²) in [7, 11) is 0. The normalized spacial score (nSPS) is 12.2. The first-order valence-corrected chi connectivity index (χ1v) is 14.2. The molecule has 0 aliphatic carbocycles. The molecule has 1 aromatic carbocycles. The van der Waals surface area contributed by atoms with E-state index in [1.807, 2.05) is 12.1 Å². The molecule has 0 fully saturated rings. The van der Waals surface area contributed by atoms with E-state index < -0.39 is 0 Å². The molecule has 32 heavy (non-hydrogen) atoms. The van der Waals surface area contributed by atoms with Crippen molar-refractivity contribution in [1.82, 2.24) is 0 Å². The van der Waals surface area contributed by atoms with Crippen LogP contribution in [0.4, 0.5) is 0 Å². The Labute approximate surface area is 201 Å². The molecule has 0 spiro atoms. The summed E-state index contributed by atoms with van der Waals surface area (Å²) in [4.78, 5) is 0. The van der Waals surface area contributed by atoms with Gasteiger partial charge in [0, 0.05) is 6.61 Å². The van der Waals surface area contributed by atoms with Crippen LogP contribution in [0, 0.1) is 0 Å². The summed E-state index contributed by atoms with van der Waals surface area (Å²) in [5.74, 6) is 0. The highest BCUT2D eigenvalue weighted by Gasteiger charge is 2.06. The SMILES string of the molecule is C=CC(OCCCCCCCCCCCCCCCCCCCCCC)c1ccccc1. The lowest BCUT2D eigenvalue weighted by atomic mass is 10.0. The highest BCUT2D eigenvalue weighted by Crippen LogP contribution is 2.19. The Balaban J connectivity index is 1.74. The van der Waals surface area contributed by atoms with Crippen LogP contribution >= 0.6 is 0 Å². The monoisotopic (exact) mass is 442 g/mol. The van der Waals surface area contributed by atoms with Gasteiger partial charge in [-0.1, -0.05) is 165 Å². The summed E-state index contributed by atoms with van der Waals surface area (Å²) >= 11 is 0. The van der Waals surface area contributed by atoms with Gasteiger partial charge in [-0.25, -0.2) is 0 Å². The maximum absolute atomic E-state index is 6.00. The van der Waals surface area contributed by atoms with Crippen LogP contribution in [0.25, 0.3) is 0 Å². The van der Waals surface area contributed by atoms with Crippen molar-refractivity contribution in [3.05, 3.63) is 48.6 Å². The first kappa shape index (κ1) is 29.0. The van der Waals surface area contributed by atoms with Gasteiger partial charge in [0.05, 0.1) is 0 Å². The minimum Gasteiger partial charge on any atom is -0.369 e. The molecule has 1 unspecified atom stereocenters. The Morgan fingerprint density at radius 2 is 0.969 bits per heavy atom. The van der Waals surface area contributed by atoms with E-state index in [1.54, 1.807) is 0 Å². The molecule has 1 heteroatoms. The smallest absolute Gasteiger partial charge is 0.100 e. The molecule has 0 aliphatic heterocycles. The van der Waals surface area contributed by atoms with Crippen molar-refractivity contribution in [2.45, 2.75) is 141 Å². The zero-order chi connectivity index (χ0) is 23.0. The first-order chi connectivity index (χ1) is 15.9. The van der Waals surface area contributed by atoms with Gasteiger partial charge in [0.1, 0.15) is 6.10 Å². The van der Waals surface area contributed by atoms with E-state index in [-0.39, 0.29) is 6.10 Å². The predicted molar refractivity (Wildman–Crippen MR) is 143 cm³/mol. The minimum atomic E-state index is 0.0384. The number of benzene rings is 1. The Morgan fingerprint density at radius 3 is 1.34 bits per heavy atom. The first-order valence-electron chi connectivity index (χ1n) is 14.2. The highest BCUT2D eigenvalue weighted by molar-refractivity contribution is 5.20. The summed E-state index contributed by atoms with van der Waals surface area (Å²) in [6.07, 6.45) is 30.3. The second kappa shape index (κ2) is 23.1. The molecule has 184 valence electrons. The highest BCUT2D eigenvalue weighted by atomic mass is 16.5. The molecule has 0 radical (unpaired) electrons. The van der Waals surface area contributed by atoms with Crippen molar-refractivity contribution in [3.63, 3.8) is 0 Å². The Hall–Kier alpha value is -1.08. The maximum Gasteiger partial charge on any atom is 0.100 e. The topological polar surface area (TPSA) is 9.23 Å². The number of hydrogen-bond donors (Lipinski definition) is 0. The Morgan fingerprint density at radius 1 is 0.594 bits per heavy atom. The summed E-state index contributed by atoms with van der Waals surface area (Å²) in [5, 5.41) is 0. The molecule has 1 rings (SSSR count). The molecule has 0 aliphatic rings. The van der Waals surface area contributed by atoms with Crippen molar-refractivity contribution in [2.75, 3.05) is 6.61 Å². The molecule has 0 N–H and O–H groups in total. The molecule has 0 aromatic heterocycles. The van der Waals surface area contributed by atoms with E-state index in [9.17, 15) is 0 Å². The second-order valence-corrected chi connectivity index (χ2v) is 9.66. The van der Waals surface area contributed by atoms with E-state index in [2.05, 4.69) is 37.8 Å². The lowest BCUT2D eigenvalue weighted by Gasteiger charge is -2.14.